The van der Waals surface area contributed by atoms with E-state index in [1.807, 2.05) is 37.5 Å². The molecular weight excluding hydrogens is 482 g/mol. The molecule has 3 heterocycles. The molecule has 1 aromatic carbocycles. The minimum absolute atomic E-state index is 0.0157. The van der Waals surface area contributed by atoms with Gasteiger partial charge in [-0.15, -0.1) is 11.3 Å². The van der Waals surface area contributed by atoms with Crippen molar-refractivity contribution in [3.8, 4) is 11.1 Å². The van der Waals surface area contributed by atoms with Crippen molar-refractivity contribution in [2.24, 2.45) is 11.3 Å². The van der Waals surface area contributed by atoms with Crippen molar-refractivity contribution in [1.82, 2.24) is 14.3 Å². The zero-order valence-corrected chi connectivity index (χ0v) is 21.9. The molecule has 1 atom stereocenters. The number of ether oxygens (including phenoxy) is 1. The fourth-order valence-corrected chi connectivity index (χ4v) is 7.39. The molecule has 1 saturated carbocycles. The summed E-state index contributed by atoms with van der Waals surface area (Å²) in [6.45, 7) is 6.45. The Morgan fingerprint density at radius 3 is 2.71 bits per heavy atom. The molecule has 35 heavy (non-hydrogen) atoms. The van der Waals surface area contributed by atoms with E-state index in [0.717, 1.165) is 48.4 Å². The lowest BCUT2D eigenvalue weighted by Gasteiger charge is -2.14. The first-order valence-electron chi connectivity index (χ1n) is 12.1. The number of rotatable bonds is 8. The fraction of sp³-hybridized carbons (Fsp3) is 0.462. The third-order valence-corrected chi connectivity index (χ3v) is 9.81. The second-order valence-electron chi connectivity index (χ2n) is 10.4. The van der Waals surface area contributed by atoms with E-state index in [1.54, 1.807) is 0 Å². The van der Waals surface area contributed by atoms with Crippen LogP contribution in [0.4, 0.5) is 4.79 Å². The number of nitrogens with zero attached hydrogens (tertiary/aromatic N) is 2. The molecule has 1 aliphatic heterocycles. The molecule has 2 aromatic heterocycles. The van der Waals surface area contributed by atoms with Crippen LogP contribution in [0.1, 0.15) is 62.3 Å². The van der Waals surface area contributed by atoms with Crippen LogP contribution in [0.15, 0.2) is 46.9 Å². The van der Waals surface area contributed by atoms with Gasteiger partial charge in [-0.2, -0.15) is 0 Å². The molecule has 1 fully saturated rings. The highest BCUT2D eigenvalue weighted by Crippen LogP contribution is 2.45. The van der Waals surface area contributed by atoms with Crippen LogP contribution in [-0.4, -0.2) is 30.7 Å². The van der Waals surface area contributed by atoms with Crippen molar-refractivity contribution < 1.29 is 17.9 Å². The van der Waals surface area contributed by atoms with Gasteiger partial charge in [0.1, 0.15) is 10.0 Å². The van der Waals surface area contributed by atoms with Crippen LogP contribution < -0.4 is 4.72 Å². The molecule has 0 radical (unpaired) electrons. The van der Waals surface area contributed by atoms with Gasteiger partial charge in [0.25, 0.3) is 10.0 Å². The lowest BCUT2D eigenvalue weighted by atomic mass is 10.0. The van der Waals surface area contributed by atoms with E-state index < -0.39 is 16.1 Å². The van der Waals surface area contributed by atoms with Crippen LogP contribution in [0.2, 0.25) is 0 Å². The predicted octanol–water partition coefficient (Wildman–Crippen LogP) is 5.56. The highest BCUT2D eigenvalue weighted by Gasteiger charge is 2.39. The first kappa shape index (κ1) is 24.1. The van der Waals surface area contributed by atoms with Gasteiger partial charge in [-0.3, -0.25) is 0 Å². The van der Waals surface area contributed by atoms with Gasteiger partial charge in [0.2, 0.25) is 0 Å². The number of amides is 1. The predicted molar refractivity (Wildman–Crippen MR) is 136 cm³/mol. The van der Waals surface area contributed by atoms with Crippen molar-refractivity contribution in [3.63, 3.8) is 0 Å². The quantitative estimate of drug-likeness (QED) is 0.426. The molecule has 2 aliphatic rings. The number of hydrogen-bond acceptors (Lipinski definition) is 6. The van der Waals surface area contributed by atoms with Gasteiger partial charge in [-0.05, 0) is 48.8 Å². The molecule has 0 unspecified atom stereocenters. The summed E-state index contributed by atoms with van der Waals surface area (Å²) in [4.78, 5) is 17.7. The van der Waals surface area contributed by atoms with Crippen molar-refractivity contribution in [2.75, 3.05) is 6.61 Å². The van der Waals surface area contributed by atoms with Crippen LogP contribution in [-0.2, 0) is 27.6 Å². The van der Waals surface area contributed by atoms with Crippen LogP contribution >= 0.6 is 11.3 Å². The molecule has 186 valence electrons. The third-order valence-electron chi connectivity index (χ3n) is 6.81. The molecule has 3 aromatic rings. The third kappa shape index (κ3) is 5.16. The lowest BCUT2D eigenvalue weighted by molar-refractivity contribution is 0.130. The van der Waals surface area contributed by atoms with E-state index in [0.29, 0.717) is 11.5 Å². The Morgan fingerprint density at radius 2 is 2.03 bits per heavy atom. The number of thiophene rings is 1. The van der Waals surface area contributed by atoms with Crippen molar-refractivity contribution in [2.45, 2.75) is 63.1 Å². The second-order valence-corrected chi connectivity index (χ2v) is 13.4. The number of aryl methyl sites for hydroxylation is 1. The van der Waals surface area contributed by atoms with Gasteiger partial charge in [-0.1, -0.05) is 45.0 Å². The van der Waals surface area contributed by atoms with Crippen LogP contribution in [0, 0.1) is 11.3 Å². The molecule has 5 rings (SSSR count). The Labute approximate surface area is 210 Å². The Morgan fingerprint density at radius 1 is 1.29 bits per heavy atom. The van der Waals surface area contributed by atoms with E-state index in [9.17, 15) is 13.2 Å². The molecule has 9 heteroatoms. The average Bonchev–Trinajstić information content (AvgIpc) is 3.17. The summed E-state index contributed by atoms with van der Waals surface area (Å²) >= 11 is 1.22. The maximum absolute atomic E-state index is 13.2. The fourth-order valence-electron chi connectivity index (χ4n) is 4.55. The van der Waals surface area contributed by atoms with Crippen LogP contribution in [0.5, 0.6) is 0 Å². The van der Waals surface area contributed by atoms with Gasteiger partial charge in [0, 0.05) is 34.7 Å². The topological polar surface area (TPSA) is 90.3 Å². The first-order valence-corrected chi connectivity index (χ1v) is 14.4. The summed E-state index contributed by atoms with van der Waals surface area (Å²) in [5, 5.41) is 0. The van der Waals surface area contributed by atoms with E-state index in [-0.39, 0.29) is 22.3 Å². The standard InChI is InChI=1S/C26H31N3O4S2/c1-17(2)14-20-15-21(24(34-20)35(31,32)28-25(30)33-16-26(3)10-11-26)18-4-6-19(7-5-18)22-8-9-23-27-12-13-29(22)23/h4-7,12-13,15,17,22H,8-11,14,16H2,1-3H3,(H,28,30)/t22-/m1/s1. The smallest absolute Gasteiger partial charge is 0.421 e. The molecular formula is C26H31N3O4S2. The zero-order chi connectivity index (χ0) is 24.8. The summed E-state index contributed by atoms with van der Waals surface area (Å²) < 4.78 is 36.2. The summed E-state index contributed by atoms with van der Waals surface area (Å²) in [6, 6.07) is 10.2. The molecule has 0 saturated heterocycles. The van der Waals surface area contributed by atoms with Crippen LogP contribution in [0.3, 0.4) is 0 Å². The van der Waals surface area contributed by atoms with Crippen LogP contribution in [0.25, 0.3) is 11.1 Å². The number of sulfonamides is 1. The Hall–Kier alpha value is -2.65. The maximum Gasteiger partial charge on any atom is 0.421 e. The highest BCUT2D eigenvalue weighted by atomic mass is 32.2. The van der Waals surface area contributed by atoms with E-state index in [1.165, 1.54) is 16.9 Å². The molecule has 0 spiro atoms. The average molecular weight is 514 g/mol. The summed E-state index contributed by atoms with van der Waals surface area (Å²) in [7, 11) is -4.08. The number of hydrogen-bond donors (Lipinski definition) is 1. The number of fused-ring (bicyclic) bond motifs is 1. The Balaban J connectivity index is 1.41. The van der Waals surface area contributed by atoms with Crippen molar-refractivity contribution in [1.29, 1.82) is 0 Å². The van der Waals surface area contributed by atoms with Gasteiger partial charge in [0.15, 0.2) is 0 Å². The number of benzene rings is 1. The number of nitrogens with one attached hydrogen (secondary N) is 1. The number of imidazole rings is 1. The van der Waals surface area contributed by atoms with E-state index >= 15 is 0 Å². The lowest BCUT2D eigenvalue weighted by Crippen LogP contribution is -2.32. The minimum atomic E-state index is -4.08. The highest BCUT2D eigenvalue weighted by molar-refractivity contribution is 7.92. The molecule has 7 nitrogen and oxygen atoms in total. The number of carbonyl (C=O) groups is 1. The molecule has 1 amide bonds. The maximum atomic E-state index is 13.2. The summed E-state index contributed by atoms with van der Waals surface area (Å²) in [5.74, 6) is 1.47. The largest absolute Gasteiger partial charge is 0.448 e. The van der Waals surface area contributed by atoms with Crippen molar-refractivity contribution in [3.05, 3.63) is 59.0 Å². The minimum Gasteiger partial charge on any atom is -0.448 e. The van der Waals surface area contributed by atoms with Crippen molar-refractivity contribution >= 4 is 27.5 Å². The van der Waals surface area contributed by atoms with E-state index in [2.05, 4.69) is 40.3 Å². The van der Waals surface area contributed by atoms with Gasteiger partial charge in [-0.25, -0.2) is 22.9 Å². The first-order chi connectivity index (χ1) is 16.6. The SMILES string of the molecule is CC(C)Cc1cc(-c2ccc([C@H]3CCc4nccn43)cc2)c(S(=O)(=O)NC(=O)OCC2(C)CC2)s1. The molecule has 0 bridgehead atoms. The number of aromatic nitrogens is 2. The number of carbonyl (C=O) groups excluding carboxylic acids is 1. The normalized spacial score (nSPS) is 18.5. The molecule has 1 aliphatic carbocycles. The Kier molecular flexibility index (Phi) is 6.25. The monoisotopic (exact) mass is 513 g/mol. The zero-order valence-electron chi connectivity index (χ0n) is 20.3. The van der Waals surface area contributed by atoms with E-state index in [4.69, 9.17) is 4.74 Å². The summed E-state index contributed by atoms with van der Waals surface area (Å²) in [5.41, 5.74) is 2.57. The Bertz CT molecular complexity index is 1340. The second kappa shape index (κ2) is 9.09. The van der Waals surface area contributed by atoms with Gasteiger partial charge >= 0.3 is 6.09 Å². The molecule has 1 N–H and O–H groups in total. The van der Waals surface area contributed by atoms with Gasteiger partial charge < -0.3 is 9.30 Å². The van der Waals surface area contributed by atoms with Gasteiger partial charge in [0.05, 0.1) is 12.6 Å². The summed E-state index contributed by atoms with van der Waals surface area (Å²) in [6.07, 6.45) is 7.61.